The third-order valence-corrected chi connectivity index (χ3v) is 3.25. The van der Waals surface area contributed by atoms with Gasteiger partial charge < -0.3 is 15.0 Å². The van der Waals surface area contributed by atoms with Gasteiger partial charge in [0.25, 0.3) is 0 Å². The molecule has 0 radical (unpaired) electrons. The molecule has 1 aliphatic heterocycles. The predicted molar refractivity (Wildman–Crippen MR) is 70.1 cm³/mol. The molecule has 1 saturated heterocycles. The van der Waals surface area contributed by atoms with Crippen LogP contribution in [0, 0.1) is 5.82 Å². The lowest BCUT2D eigenvalue weighted by Gasteiger charge is -2.29. The second-order valence-corrected chi connectivity index (χ2v) is 4.63. The molecule has 1 heterocycles. The zero-order valence-corrected chi connectivity index (χ0v) is 11.1. The van der Waals surface area contributed by atoms with E-state index in [4.69, 9.17) is 4.74 Å². The number of nitrogens with one attached hydrogen (secondary N) is 1. The first-order chi connectivity index (χ1) is 9.18. The molecule has 1 fully saturated rings. The Labute approximate surface area is 112 Å². The third-order valence-electron chi connectivity index (χ3n) is 3.25. The van der Waals surface area contributed by atoms with Crippen molar-refractivity contribution in [2.24, 2.45) is 0 Å². The summed E-state index contributed by atoms with van der Waals surface area (Å²) in [5.41, 5.74) is 0.573. The number of hydrogen-bond acceptors (Lipinski definition) is 3. The van der Waals surface area contributed by atoms with Gasteiger partial charge in [-0.3, -0.25) is 4.79 Å². The average Bonchev–Trinajstić information content (AvgIpc) is 2.46. The number of hydrogen-bond donors (Lipinski definition) is 1. The van der Waals surface area contributed by atoms with E-state index in [2.05, 4.69) is 5.32 Å². The van der Waals surface area contributed by atoms with Gasteiger partial charge in [-0.2, -0.15) is 0 Å². The Balaban J connectivity index is 1.85. The highest BCUT2D eigenvalue weighted by Crippen LogP contribution is 2.07. The maximum Gasteiger partial charge on any atom is 0.239 e. The second kappa shape index (κ2) is 6.63. The fraction of sp³-hybridized carbons (Fsp3) is 0.500. The maximum atomic E-state index is 13.4. The normalized spacial score (nSPS) is 17.3. The number of rotatable bonds is 4. The molecular weight excluding hydrogens is 247 g/mol. The number of amides is 1. The maximum absolute atomic E-state index is 13.4. The lowest BCUT2D eigenvalue weighted by molar-refractivity contribution is -0.137. The minimum atomic E-state index is -0.322. The van der Waals surface area contributed by atoms with Crippen LogP contribution in [0.15, 0.2) is 24.3 Å². The summed E-state index contributed by atoms with van der Waals surface area (Å²) in [6, 6.07) is 6.26. The van der Waals surface area contributed by atoms with Crippen LogP contribution in [0.2, 0.25) is 0 Å². The highest BCUT2D eigenvalue weighted by atomic mass is 19.1. The van der Waals surface area contributed by atoms with Crippen molar-refractivity contribution in [2.45, 2.75) is 19.5 Å². The fourth-order valence-electron chi connectivity index (χ4n) is 2.05. The number of nitrogens with zero attached hydrogens (tertiary/aromatic N) is 1. The molecule has 0 saturated carbocycles. The molecule has 1 aromatic rings. The van der Waals surface area contributed by atoms with Gasteiger partial charge in [0.15, 0.2) is 0 Å². The Morgan fingerprint density at radius 1 is 1.42 bits per heavy atom. The second-order valence-electron chi connectivity index (χ2n) is 4.63. The van der Waals surface area contributed by atoms with Crippen molar-refractivity contribution < 1.29 is 13.9 Å². The molecule has 1 aromatic carbocycles. The largest absolute Gasteiger partial charge is 0.378 e. The van der Waals surface area contributed by atoms with Crippen molar-refractivity contribution in [1.29, 1.82) is 0 Å². The van der Waals surface area contributed by atoms with Crippen LogP contribution in [0.3, 0.4) is 0 Å². The van der Waals surface area contributed by atoms with Crippen molar-refractivity contribution in [3.8, 4) is 0 Å². The Kier molecular flexibility index (Phi) is 4.87. The van der Waals surface area contributed by atoms with E-state index in [1.54, 1.807) is 30.0 Å². The summed E-state index contributed by atoms with van der Waals surface area (Å²) in [7, 11) is 0. The number of benzene rings is 1. The van der Waals surface area contributed by atoms with Gasteiger partial charge in [0.2, 0.25) is 5.91 Å². The minimum Gasteiger partial charge on any atom is -0.378 e. The predicted octanol–water partition coefficient (Wildman–Crippen LogP) is 1.16. The van der Waals surface area contributed by atoms with E-state index in [9.17, 15) is 9.18 Å². The Bertz CT molecular complexity index is 433. The van der Waals surface area contributed by atoms with Crippen LogP contribution in [-0.4, -0.2) is 43.2 Å². The highest BCUT2D eigenvalue weighted by Gasteiger charge is 2.22. The Hall–Kier alpha value is -1.46. The summed E-state index contributed by atoms with van der Waals surface area (Å²) in [6.07, 6.45) is 0. The van der Waals surface area contributed by atoms with E-state index in [1.807, 2.05) is 0 Å². The number of ether oxygens (including phenoxy) is 1. The van der Waals surface area contributed by atoms with Crippen LogP contribution in [-0.2, 0) is 16.1 Å². The molecule has 104 valence electrons. The molecule has 1 atom stereocenters. The summed E-state index contributed by atoms with van der Waals surface area (Å²) < 4.78 is 18.7. The smallest absolute Gasteiger partial charge is 0.239 e. The Morgan fingerprint density at radius 2 is 2.11 bits per heavy atom. The molecule has 0 bridgehead atoms. The number of halogens is 1. The summed E-state index contributed by atoms with van der Waals surface area (Å²) in [5.74, 6) is -0.208. The van der Waals surface area contributed by atoms with Crippen LogP contribution >= 0.6 is 0 Å². The van der Waals surface area contributed by atoms with Crippen LogP contribution in [0.4, 0.5) is 4.39 Å². The van der Waals surface area contributed by atoms with E-state index >= 15 is 0 Å². The highest BCUT2D eigenvalue weighted by molar-refractivity contribution is 5.81. The van der Waals surface area contributed by atoms with E-state index in [-0.39, 0.29) is 17.8 Å². The van der Waals surface area contributed by atoms with Gasteiger partial charge in [0, 0.05) is 25.2 Å². The number of carbonyl (C=O) groups excluding carboxylic acids is 1. The van der Waals surface area contributed by atoms with E-state index < -0.39 is 0 Å². The zero-order valence-electron chi connectivity index (χ0n) is 11.1. The molecule has 4 nitrogen and oxygen atoms in total. The van der Waals surface area contributed by atoms with Gasteiger partial charge in [-0.15, -0.1) is 0 Å². The van der Waals surface area contributed by atoms with Crippen molar-refractivity contribution in [2.75, 3.05) is 26.3 Å². The first kappa shape index (κ1) is 14.0. The third kappa shape index (κ3) is 3.75. The molecule has 2 rings (SSSR count). The van der Waals surface area contributed by atoms with Crippen LogP contribution in [0.5, 0.6) is 0 Å². The van der Waals surface area contributed by atoms with Crippen LogP contribution in [0.25, 0.3) is 0 Å². The monoisotopic (exact) mass is 266 g/mol. The summed E-state index contributed by atoms with van der Waals surface area (Å²) in [6.45, 7) is 4.59. The molecule has 1 aliphatic rings. The lowest BCUT2D eigenvalue weighted by Crippen LogP contribution is -2.49. The van der Waals surface area contributed by atoms with Crippen molar-refractivity contribution in [3.05, 3.63) is 35.6 Å². The molecule has 0 spiro atoms. The standard InChI is InChI=1S/C14H19FN2O2/c1-11(14(18)17-6-8-19-9-7-17)16-10-12-4-2-3-5-13(12)15/h2-5,11,16H,6-10H2,1H3. The first-order valence-electron chi connectivity index (χ1n) is 6.52. The van der Waals surface area contributed by atoms with Crippen LogP contribution in [0.1, 0.15) is 12.5 Å². The van der Waals surface area contributed by atoms with Gasteiger partial charge in [-0.25, -0.2) is 4.39 Å². The van der Waals surface area contributed by atoms with Gasteiger partial charge >= 0.3 is 0 Å². The van der Waals surface area contributed by atoms with Gasteiger partial charge in [-0.1, -0.05) is 18.2 Å². The summed E-state index contributed by atoms with van der Waals surface area (Å²) in [4.78, 5) is 13.9. The molecule has 0 aromatic heterocycles. The molecule has 1 N–H and O–H groups in total. The number of morpholine rings is 1. The quantitative estimate of drug-likeness (QED) is 0.889. The molecular formula is C14H19FN2O2. The van der Waals surface area contributed by atoms with Gasteiger partial charge in [0.1, 0.15) is 5.82 Å². The van der Waals surface area contributed by atoms with E-state index in [1.165, 1.54) is 6.07 Å². The van der Waals surface area contributed by atoms with E-state index in [0.717, 1.165) is 0 Å². The molecule has 1 amide bonds. The van der Waals surface area contributed by atoms with Crippen LogP contribution < -0.4 is 5.32 Å². The average molecular weight is 266 g/mol. The van der Waals surface area contributed by atoms with Crippen molar-refractivity contribution in [1.82, 2.24) is 10.2 Å². The SMILES string of the molecule is CC(NCc1ccccc1F)C(=O)N1CCOCC1. The minimum absolute atomic E-state index is 0.0413. The molecule has 0 aliphatic carbocycles. The molecule has 1 unspecified atom stereocenters. The molecule has 19 heavy (non-hydrogen) atoms. The van der Waals surface area contributed by atoms with Crippen molar-refractivity contribution in [3.63, 3.8) is 0 Å². The zero-order chi connectivity index (χ0) is 13.7. The van der Waals surface area contributed by atoms with Gasteiger partial charge in [-0.05, 0) is 13.0 Å². The van der Waals surface area contributed by atoms with E-state index in [0.29, 0.717) is 38.4 Å². The lowest BCUT2D eigenvalue weighted by atomic mass is 10.2. The topological polar surface area (TPSA) is 41.6 Å². The number of carbonyl (C=O) groups is 1. The Morgan fingerprint density at radius 3 is 2.79 bits per heavy atom. The summed E-state index contributed by atoms with van der Waals surface area (Å²) >= 11 is 0. The fourth-order valence-corrected chi connectivity index (χ4v) is 2.05. The van der Waals surface area contributed by atoms with Gasteiger partial charge in [0.05, 0.1) is 19.3 Å². The summed E-state index contributed by atoms with van der Waals surface area (Å²) in [5, 5.41) is 3.06. The van der Waals surface area contributed by atoms with Crippen molar-refractivity contribution >= 4 is 5.91 Å². The molecule has 5 heteroatoms. The first-order valence-corrected chi connectivity index (χ1v) is 6.52.